The number of thioether (sulfide) groups is 1. The summed E-state index contributed by atoms with van der Waals surface area (Å²) in [6.07, 6.45) is 0. The average molecular weight is 566 g/mol. The molecular formula is C28H28FN5O5S. The lowest BCUT2D eigenvalue weighted by atomic mass is 10.1. The predicted octanol–water partition coefficient (Wildman–Crippen LogP) is 4.40. The van der Waals surface area contributed by atoms with Crippen molar-refractivity contribution >= 4 is 29.3 Å². The van der Waals surface area contributed by atoms with Gasteiger partial charge in [-0.3, -0.25) is 14.2 Å². The quantitative estimate of drug-likeness (QED) is 0.257. The van der Waals surface area contributed by atoms with Gasteiger partial charge in [0.1, 0.15) is 5.82 Å². The van der Waals surface area contributed by atoms with Gasteiger partial charge in [-0.05, 0) is 48.9 Å². The number of benzene rings is 3. The molecule has 2 amide bonds. The summed E-state index contributed by atoms with van der Waals surface area (Å²) in [5.74, 6) is 0.182. The van der Waals surface area contributed by atoms with Gasteiger partial charge in [-0.25, -0.2) is 4.39 Å². The molecule has 0 atom stereocenters. The third kappa shape index (κ3) is 6.52. The highest BCUT2D eigenvalue weighted by molar-refractivity contribution is 7.99. The number of carbonyl (C=O) groups excluding carboxylic acids is 2. The summed E-state index contributed by atoms with van der Waals surface area (Å²) in [4.78, 5) is 25.6. The Balaban J connectivity index is 1.54. The first-order valence-electron chi connectivity index (χ1n) is 12.1. The number of carbonyl (C=O) groups is 2. The van der Waals surface area contributed by atoms with Gasteiger partial charge in [0.05, 0.1) is 39.3 Å². The second-order valence-electron chi connectivity index (χ2n) is 8.49. The summed E-state index contributed by atoms with van der Waals surface area (Å²) in [6, 6.07) is 16.7. The van der Waals surface area contributed by atoms with Crippen LogP contribution in [0.15, 0.2) is 65.8 Å². The molecule has 4 rings (SSSR count). The van der Waals surface area contributed by atoms with E-state index in [0.717, 1.165) is 23.0 Å². The Labute approximate surface area is 234 Å². The number of halogens is 1. The summed E-state index contributed by atoms with van der Waals surface area (Å²) < 4.78 is 31.7. The number of hydrogen-bond acceptors (Lipinski definition) is 8. The predicted molar refractivity (Wildman–Crippen MR) is 149 cm³/mol. The first-order valence-corrected chi connectivity index (χ1v) is 13.1. The lowest BCUT2D eigenvalue weighted by Gasteiger charge is -2.14. The van der Waals surface area contributed by atoms with Crippen LogP contribution in [-0.2, 0) is 11.3 Å². The fourth-order valence-electron chi connectivity index (χ4n) is 3.89. The van der Waals surface area contributed by atoms with Crippen LogP contribution in [0, 0.1) is 12.7 Å². The van der Waals surface area contributed by atoms with Crippen LogP contribution in [0.25, 0.3) is 5.69 Å². The van der Waals surface area contributed by atoms with Gasteiger partial charge in [0, 0.05) is 11.3 Å². The maximum atomic E-state index is 13.9. The van der Waals surface area contributed by atoms with E-state index in [1.807, 2.05) is 31.2 Å². The average Bonchev–Trinajstić information content (AvgIpc) is 3.37. The summed E-state index contributed by atoms with van der Waals surface area (Å²) in [5, 5.41) is 14.4. The molecule has 0 aliphatic carbocycles. The SMILES string of the molecule is COc1cc(C(=O)NCc2nnc(SCC(=O)Nc3ccccc3F)n2-c2cccc(C)c2)cc(OC)c1OC. The van der Waals surface area contributed by atoms with Gasteiger partial charge in [-0.2, -0.15) is 0 Å². The topological polar surface area (TPSA) is 117 Å². The lowest BCUT2D eigenvalue weighted by Crippen LogP contribution is -2.25. The van der Waals surface area contributed by atoms with E-state index in [4.69, 9.17) is 14.2 Å². The highest BCUT2D eigenvalue weighted by Gasteiger charge is 2.20. The van der Waals surface area contributed by atoms with Crippen LogP contribution in [-0.4, -0.2) is 53.7 Å². The molecule has 0 saturated heterocycles. The van der Waals surface area contributed by atoms with E-state index in [1.54, 1.807) is 28.8 Å². The molecule has 3 aromatic carbocycles. The molecule has 0 aliphatic heterocycles. The van der Waals surface area contributed by atoms with Crippen molar-refractivity contribution in [2.75, 3.05) is 32.4 Å². The summed E-state index contributed by atoms with van der Waals surface area (Å²) in [6.45, 7) is 1.99. The first kappa shape index (κ1) is 28.4. The smallest absolute Gasteiger partial charge is 0.251 e. The zero-order valence-electron chi connectivity index (χ0n) is 22.4. The van der Waals surface area contributed by atoms with Gasteiger partial charge in [0.2, 0.25) is 11.7 Å². The fraction of sp³-hybridized carbons (Fsp3) is 0.214. The number of anilines is 1. The molecule has 0 saturated carbocycles. The van der Waals surface area contributed by atoms with Crippen LogP contribution in [0.2, 0.25) is 0 Å². The second-order valence-corrected chi connectivity index (χ2v) is 9.43. The molecule has 4 aromatic rings. The molecule has 0 unspecified atom stereocenters. The van der Waals surface area contributed by atoms with E-state index in [-0.39, 0.29) is 18.0 Å². The number of hydrogen-bond donors (Lipinski definition) is 2. The van der Waals surface area contributed by atoms with Crippen molar-refractivity contribution in [3.8, 4) is 22.9 Å². The van der Waals surface area contributed by atoms with Gasteiger partial charge in [-0.1, -0.05) is 36.0 Å². The molecule has 2 N–H and O–H groups in total. The van der Waals surface area contributed by atoms with Crippen molar-refractivity contribution in [2.24, 2.45) is 0 Å². The minimum atomic E-state index is -0.520. The number of ether oxygens (including phenoxy) is 3. The summed E-state index contributed by atoms with van der Waals surface area (Å²) in [5.41, 5.74) is 2.17. The first-order chi connectivity index (χ1) is 19.3. The van der Waals surface area contributed by atoms with Crippen molar-refractivity contribution in [3.63, 3.8) is 0 Å². The van der Waals surface area contributed by atoms with E-state index in [9.17, 15) is 14.0 Å². The van der Waals surface area contributed by atoms with Gasteiger partial charge in [0.15, 0.2) is 22.5 Å². The lowest BCUT2D eigenvalue weighted by molar-refractivity contribution is -0.113. The Bertz CT molecular complexity index is 1500. The Morgan fingerprint density at radius 2 is 1.68 bits per heavy atom. The standard InChI is InChI=1S/C28H28FN5O5S/c1-17-8-7-9-19(12-17)34-24(15-30-27(36)18-13-22(37-2)26(39-4)23(14-18)38-3)32-33-28(34)40-16-25(35)31-21-11-6-5-10-20(21)29/h5-14H,15-16H2,1-4H3,(H,30,36)(H,31,35). The maximum absolute atomic E-state index is 13.9. The molecule has 40 heavy (non-hydrogen) atoms. The van der Waals surface area contributed by atoms with Gasteiger partial charge in [-0.15, -0.1) is 10.2 Å². The summed E-state index contributed by atoms with van der Waals surface area (Å²) >= 11 is 1.14. The minimum absolute atomic E-state index is 0.0317. The molecule has 0 radical (unpaired) electrons. The fourth-order valence-corrected chi connectivity index (χ4v) is 4.66. The van der Waals surface area contributed by atoms with Gasteiger partial charge >= 0.3 is 0 Å². The van der Waals surface area contributed by atoms with Crippen molar-refractivity contribution in [2.45, 2.75) is 18.6 Å². The molecule has 0 aliphatic rings. The molecule has 1 aromatic heterocycles. The number of para-hydroxylation sites is 1. The van der Waals surface area contributed by atoms with E-state index in [2.05, 4.69) is 20.8 Å². The van der Waals surface area contributed by atoms with Gasteiger partial charge < -0.3 is 24.8 Å². The van der Waals surface area contributed by atoms with E-state index < -0.39 is 17.6 Å². The van der Waals surface area contributed by atoms with E-state index in [0.29, 0.717) is 33.8 Å². The highest BCUT2D eigenvalue weighted by Crippen LogP contribution is 2.38. The Morgan fingerprint density at radius 3 is 2.33 bits per heavy atom. The molecule has 208 valence electrons. The Morgan fingerprint density at radius 1 is 0.950 bits per heavy atom. The number of methoxy groups -OCH3 is 3. The molecule has 0 spiro atoms. The number of aryl methyl sites for hydroxylation is 1. The highest BCUT2D eigenvalue weighted by atomic mass is 32.2. The zero-order chi connectivity index (χ0) is 28.6. The number of nitrogens with one attached hydrogen (secondary N) is 2. The minimum Gasteiger partial charge on any atom is -0.493 e. The largest absolute Gasteiger partial charge is 0.493 e. The molecule has 0 bridgehead atoms. The van der Waals surface area contributed by atoms with Crippen LogP contribution in [0.5, 0.6) is 17.2 Å². The number of nitrogens with zero attached hydrogens (tertiary/aromatic N) is 3. The Kier molecular flexibility index (Phi) is 9.23. The van der Waals surface area contributed by atoms with Crippen LogP contribution in [0.1, 0.15) is 21.7 Å². The van der Waals surface area contributed by atoms with Crippen LogP contribution in [0.4, 0.5) is 10.1 Å². The summed E-state index contributed by atoms with van der Waals surface area (Å²) in [7, 11) is 4.43. The van der Waals surface area contributed by atoms with E-state index >= 15 is 0 Å². The third-order valence-corrected chi connectivity index (χ3v) is 6.70. The molecule has 1 heterocycles. The van der Waals surface area contributed by atoms with E-state index in [1.165, 1.54) is 33.5 Å². The number of aromatic nitrogens is 3. The van der Waals surface area contributed by atoms with Crippen LogP contribution < -0.4 is 24.8 Å². The van der Waals surface area contributed by atoms with Crippen molar-refractivity contribution in [3.05, 3.63) is 83.4 Å². The zero-order valence-corrected chi connectivity index (χ0v) is 23.2. The Hall–Kier alpha value is -4.58. The monoisotopic (exact) mass is 565 g/mol. The van der Waals surface area contributed by atoms with Crippen molar-refractivity contribution < 1.29 is 28.2 Å². The number of rotatable bonds is 11. The molecular weight excluding hydrogens is 537 g/mol. The van der Waals surface area contributed by atoms with Gasteiger partial charge in [0.25, 0.3) is 5.91 Å². The molecule has 0 fully saturated rings. The normalized spacial score (nSPS) is 10.6. The third-order valence-electron chi connectivity index (χ3n) is 5.77. The van der Waals surface area contributed by atoms with Crippen molar-refractivity contribution in [1.29, 1.82) is 0 Å². The maximum Gasteiger partial charge on any atom is 0.251 e. The molecule has 10 nitrogen and oxygen atoms in total. The van der Waals surface area contributed by atoms with Crippen LogP contribution in [0.3, 0.4) is 0 Å². The number of amides is 2. The molecule has 12 heteroatoms. The second kappa shape index (κ2) is 13.0. The van der Waals surface area contributed by atoms with Crippen LogP contribution >= 0.6 is 11.8 Å². The van der Waals surface area contributed by atoms with Crippen molar-refractivity contribution in [1.82, 2.24) is 20.1 Å².